The van der Waals surface area contributed by atoms with Crippen LogP contribution in [0.15, 0.2) is 0 Å². The molecule has 0 bridgehead atoms. The van der Waals surface area contributed by atoms with Crippen molar-refractivity contribution < 1.29 is 4.79 Å². The van der Waals surface area contributed by atoms with Crippen LogP contribution in [0.5, 0.6) is 0 Å². The lowest BCUT2D eigenvalue weighted by Gasteiger charge is -2.27. The van der Waals surface area contributed by atoms with Crippen LogP contribution < -0.4 is 5.73 Å². The Labute approximate surface area is 106 Å². The Balaban J connectivity index is 2.44. The van der Waals surface area contributed by atoms with Gasteiger partial charge in [0.25, 0.3) is 0 Å². The van der Waals surface area contributed by atoms with Gasteiger partial charge >= 0.3 is 0 Å². The average molecular weight is 240 g/mol. The van der Waals surface area contributed by atoms with Crippen LogP contribution in [0.2, 0.25) is 0 Å². The van der Waals surface area contributed by atoms with E-state index >= 15 is 0 Å². The SMILES string of the molecule is CCC1CCC(=O)N(CCC(C)(C)CN)CC1. The summed E-state index contributed by atoms with van der Waals surface area (Å²) in [5.74, 6) is 1.08. The maximum Gasteiger partial charge on any atom is 0.222 e. The minimum absolute atomic E-state index is 0.150. The Morgan fingerprint density at radius 3 is 2.71 bits per heavy atom. The second-order valence-electron chi connectivity index (χ2n) is 6.10. The zero-order valence-electron chi connectivity index (χ0n) is 11.7. The molecule has 2 N–H and O–H groups in total. The van der Waals surface area contributed by atoms with Crippen molar-refractivity contribution in [3.05, 3.63) is 0 Å². The van der Waals surface area contributed by atoms with Crippen LogP contribution in [0.3, 0.4) is 0 Å². The number of amides is 1. The molecular weight excluding hydrogens is 212 g/mol. The number of hydrogen-bond acceptors (Lipinski definition) is 2. The van der Waals surface area contributed by atoms with Gasteiger partial charge in [-0.1, -0.05) is 27.2 Å². The van der Waals surface area contributed by atoms with E-state index < -0.39 is 0 Å². The van der Waals surface area contributed by atoms with E-state index in [0.717, 1.165) is 38.3 Å². The number of hydrogen-bond donors (Lipinski definition) is 1. The molecule has 1 atom stereocenters. The molecule has 3 nitrogen and oxygen atoms in total. The molecule has 1 amide bonds. The molecule has 0 radical (unpaired) electrons. The van der Waals surface area contributed by atoms with Gasteiger partial charge in [-0.25, -0.2) is 0 Å². The first-order chi connectivity index (χ1) is 7.98. The van der Waals surface area contributed by atoms with Crippen molar-refractivity contribution in [1.29, 1.82) is 0 Å². The van der Waals surface area contributed by atoms with E-state index in [0.29, 0.717) is 12.5 Å². The van der Waals surface area contributed by atoms with Crippen LogP contribution in [0, 0.1) is 11.3 Å². The molecule has 0 aromatic rings. The van der Waals surface area contributed by atoms with E-state index in [4.69, 9.17) is 5.73 Å². The lowest BCUT2D eigenvalue weighted by atomic mass is 9.89. The van der Waals surface area contributed by atoms with Gasteiger partial charge in [-0.3, -0.25) is 4.79 Å². The molecule has 0 aromatic heterocycles. The van der Waals surface area contributed by atoms with Crippen molar-refractivity contribution in [3.8, 4) is 0 Å². The summed E-state index contributed by atoms with van der Waals surface area (Å²) in [4.78, 5) is 14.0. The summed E-state index contributed by atoms with van der Waals surface area (Å²) in [6.45, 7) is 9.07. The highest BCUT2D eigenvalue weighted by molar-refractivity contribution is 5.76. The number of likely N-dealkylation sites (tertiary alicyclic amines) is 1. The summed E-state index contributed by atoms with van der Waals surface area (Å²) in [5.41, 5.74) is 5.88. The van der Waals surface area contributed by atoms with Gasteiger partial charge in [-0.15, -0.1) is 0 Å². The number of carbonyl (C=O) groups is 1. The molecule has 3 heteroatoms. The van der Waals surface area contributed by atoms with Crippen molar-refractivity contribution in [1.82, 2.24) is 4.90 Å². The molecule has 1 fully saturated rings. The highest BCUT2D eigenvalue weighted by Gasteiger charge is 2.23. The molecule has 17 heavy (non-hydrogen) atoms. The first-order valence-corrected chi connectivity index (χ1v) is 6.96. The van der Waals surface area contributed by atoms with Gasteiger partial charge in [0.2, 0.25) is 5.91 Å². The molecule has 0 spiro atoms. The van der Waals surface area contributed by atoms with Gasteiger partial charge in [-0.05, 0) is 37.1 Å². The molecule has 0 aliphatic carbocycles. The first-order valence-electron chi connectivity index (χ1n) is 6.96. The number of nitrogens with two attached hydrogens (primary N) is 1. The van der Waals surface area contributed by atoms with E-state index in [1.807, 2.05) is 4.90 Å². The third kappa shape index (κ3) is 4.66. The Morgan fingerprint density at radius 1 is 1.41 bits per heavy atom. The van der Waals surface area contributed by atoms with Crippen molar-refractivity contribution >= 4 is 5.91 Å². The molecule has 0 aromatic carbocycles. The van der Waals surface area contributed by atoms with Gasteiger partial charge in [-0.2, -0.15) is 0 Å². The normalized spacial score (nSPS) is 22.7. The Kier molecular flexibility index (Phi) is 5.44. The molecule has 1 rings (SSSR count). The summed E-state index contributed by atoms with van der Waals surface area (Å²) >= 11 is 0. The van der Waals surface area contributed by atoms with Crippen molar-refractivity contribution in [2.45, 2.75) is 52.9 Å². The minimum Gasteiger partial charge on any atom is -0.343 e. The summed E-state index contributed by atoms with van der Waals surface area (Å²) in [6, 6.07) is 0. The van der Waals surface area contributed by atoms with E-state index in [1.165, 1.54) is 12.8 Å². The molecule has 0 saturated carbocycles. The quantitative estimate of drug-likeness (QED) is 0.802. The zero-order valence-corrected chi connectivity index (χ0v) is 11.7. The van der Waals surface area contributed by atoms with Crippen LogP contribution in [0.25, 0.3) is 0 Å². The molecule has 1 aliphatic heterocycles. The highest BCUT2D eigenvalue weighted by atomic mass is 16.2. The first kappa shape index (κ1) is 14.5. The van der Waals surface area contributed by atoms with Crippen molar-refractivity contribution in [3.63, 3.8) is 0 Å². The van der Waals surface area contributed by atoms with Crippen LogP contribution in [-0.2, 0) is 4.79 Å². The zero-order chi connectivity index (χ0) is 12.9. The van der Waals surface area contributed by atoms with Crippen LogP contribution in [0.1, 0.15) is 52.9 Å². The van der Waals surface area contributed by atoms with E-state index in [9.17, 15) is 4.79 Å². The predicted molar refractivity (Wildman–Crippen MR) is 71.7 cm³/mol. The second-order valence-corrected chi connectivity index (χ2v) is 6.10. The smallest absolute Gasteiger partial charge is 0.222 e. The maximum atomic E-state index is 12.0. The average Bonchev–Trinajstić information content (AvgIpc) is 2.49. The van der Waals surface area contributed by atoms with Gasteiger partial charge in [0.15, 0.2) is 0 Å². The number of carbonyl (C=O) groups excluding carboxylic acids is 1. The molecule has 1 aliphatic rings. The van der Waals surface area contributed by atoms with Crippen LogP contribution in [0.4, 0.5) is 0 Å². The summed E-state index contributed by atoms with van der Waals surface area (Å²) in [7, 11) is 0. The molecule has 1 unspecified atom stereocenters. The third-order valence-corrected chi connectivity index (χ3v) is 4.11. The molecular formula is C14H28N2O. The topological polar surface area (TPSA) is 46.3 Å². The van der Waals surface area contributed by atoms with Gasteiger partial charge in [0.05, 0.1) is 0 Å². The van der Waals surface area contributed by atoms with Crippen molar-refractivity contribution in [2.75, 3.05) is 19.6 Å². The standard InChI is InChI=1S/C14H28N2O/c1-4-12-5-6-13(17)16(9-7-12)10-8-14(2,3)11-15/h12H,4-11,15H2,1-3H3. The maximum absolute atomic E-state index is 12.0. The van der Waals surface area contributed by atoms with E-state index in [2.05, 4.69) is 20.8 Å². The van der Waals surface area contributed by atoms with E-state index in [1.54, 1.807) is 0 Å². The fourth-order valence-electron chi connectivity index (χ4n) is 2.28. The lowest BCUT2D eigenvalue weighted by molar-refractivity contribution is -0.131. The second kappa shape index (κ2) is 6.39. The number of rotatable bonds is 5. The predicted octanol–water partition coefficient (Wildman–Crippen LogP) is 2.40. The van der Waals surface area contributed by atoms with Crippen molar-refractivity contribution in [2.24, 2.45) is 17.1 Å². The fourth-order valence-corrected chi connectivity index (χ4v) is 2.28. The summed E-state index contributed by atoms with van der Waals surface area (Å²) in [5, 5.41) is 0. The van der Waals surface area contributed by atoms with E-state index in [-0.39, 0.29) is 5.41 Å². The van der Waals surface area contributed by atoms with Gasteiger partial charge in [0, 0.05) is 19.5 Å². The van der Waals surface area contributed by atoms with Crippen LogP contribution in [-0.4, -0.2) is 30.4 Å². The molecule has 1 saturated heterocycles. The number of nitrogens with zero attached hydrogens (tertiary/aromatic N) is 1. The van der Waals surface area contributed by atoms with Gasteiger partial charge in [0.1, 0.15) is 0 Å². The Bertz CT molecular complexity index is 251. The lowest BCUT2D eigenvalue weighted by Crippen LogP contribution is -2.35. The highest BCUT2D eigenvalue weighted by Crippen LogP contribution is 2.23. The summed E-state index contributed by atoms with van der Waals surface area (Å²) in [6.07, 6.45) is 5.19. The fraction of sp³-hybridized carbons (Fsp3) is 0.929. The minimum atomic E-state index is 0.150. The third-order valence-electron chi connectivity index (χ3n) is 4.11. The monoisotopic (exact) mass is 240 g/mol. The largest absolute Gasteiger partial charge is 0.343 e. The van der Waals surface area contributed by atoms with Gasteiger partial charge < -0.3 is 10.6 Å². The Hall–Kier alpha value is -0.570. The van der Waals surface area contributed by atoms with Crippen LogP contribution >= 0.6 is 0 Å². The molecule has 1 heterocycles. The summed E-state index contributed by atoms with van der Waals surface area (Å²) < 4.78 is 0. The Morgan fingerprint density at radius 2 is 2.12 bits per heavy atom. The molecule has 100 valence electrons.